The van der Waals surface area contributed by atoms with Crippen LogP contribution >= 0.6 is 0 Å². The first kappa shape index (κ1) is 19.0. The number of fused-ring (bicyclic) bond motifs is 1. The van der Waals surface area contributed by atoms with Gasteiger partial charge in [-0.1, -0.05) is 18.2 Å². The summed E-state index contributed by atoms with van der Waals surface area (Å²) in [5.74, 6) is 0.868. The van der Waals surface area contributed by atoms with Crippen LogP contribution in [-0.4, -0.2) is 21.6 Å². The minimum Gasteiger partial charge on any atom is -0.355 e. The molecule has 0 saturated carbocycles. The van der Waals surface area contributed by atoms with E-state index in [0.717, 1.165) is 40.2 Å². The Morgan fingerprint density at radius 1 is 1.00 bits per heavy atom. The van der Waals surface area contributed by atoms with Crippen LogP contribution < -0.4 is 4.90 Å². The third kappa shape index (κ3) is 3.94. The minimum absolute atomic E-state index is 0.643. The molecule has 3 heterocycles. The fourth-order valence-electron chi connectivity index (χ4n) is 3.22. The van der Waals surface area contributed by atoms with Crippen LogP contribution in [0.3, 0.4) is 0 Å². The molecule has 0 spiro atoms. The van der Waals surface area contributed by atoms with Crippen molar-refractivity contribution in [3.63, 3.8) is 0 Å². The average molecular weight is 396 g/mol. The number of pyridine rings is 2. The Bertz CT molecular complexity index is 1130. The van der Waals surface area contributed by atoms with Gasteiger partial charge in [0.2, 0.25) is 0 Å². The van der Waals surface area contributed by atoms with Gasteiger partial charge in [0.1, 0.15) is 5.82 Å². The summed E-state index contributed by atoms with van der Waals surface area (Å²) in [4.78, 5) is 6.48. The second-order valence-corrected chi connectivity index (χ2v) is 7.05. The van der Waals surface area contributed by atoms with Gasteiger partial charge in [-0.25, -0.2) is 9.50 Å². The molecule has 0 aliphatic rings. The Hall–Kier alpha value is -3.35. The highest BCUT2D eigenvalue weighted by molar-refractivity contribution is 5.80. The average Bonchev–Trinajstić information content (AvgIpc) is 3.11. The SMILES string of the molecule is Cc1ccc(N(C)Cc2ccn3ncc(-c4ccc(C(F)(F)F)cc4)c3c2)nc1. The molecule has 3 aromatic heterocycles. The summed E-state index contributed by atoms with van der Waals surface area (Å²) in [6.07, 6.45) is 1.01. The maximum absolute atomic E-state index is 12.8. The van der Waals surface area contributed by atoms with Crippen LogP contribution in [0.4, 0.5) is 19.0 Å². The van der Waals surface area contributed by atoms with Crippen molar-refractivity contribution < 1.29 is 13.2 Å². The number of hydrogen-bond donors (Lipinski definition) is 0. The van der Waals surface area contributed by atoms with Crippen molar-refractivity contribution >= 4 is 11.3 Å². The smallest absolute Gasteiger partial charge is 0.355 e. The van der Waals surface area contributed by atoms with Gasteiger partial charge in [0.05, 0.1) is 17.3 Å². The largest absolute Gasteiger partial charge is 0.416 e. The molecule has 0 N–H and O–H groups in total. The summed E-state index contributed by atoms with van der Waals surface area (Å²) in [6, 6.07) is 13.1. The van der Waals surface area contributed by atoms with E-state index < -0.39 is 11.7 Å². The number of benzene rings is 1. The summed E-state index contributed by atoms with van der Waals surface area (Å²) < 4.78 is 40.2. The van der Waals surface area contributed by atoms with Crippen molar-refractivity contribution in [2.75, 3.05) is 11.9 Å². The van der Waals surface area contributed by atoms with Crippen molar-refractivity contribution in [2.24, 2.45) is 0 Å². The fraction of sp³-hybridized carbons (Fsp3) is 0.182. The van der Waals surface area contributed by atoms with E-state index >= 15 is 0 Å². The molecule has 148 valence electrons. The minimum atomic E-state index is -4.35. The molecule has 4 nitrogen and oxygen atoms in total. The van der Waals surface area contributed by atoms with E-state index in [1.807, 2.05) is 55.5 Å². The predicted octanol–water partition coefficient (Wildman–Crippen LogP) is 5.36. The van der Waals surface area contributed by atoms with Gasteiger partial charge in [0, 0.05) is 31.5 Å². The summed E-state index contributed by atoms with van der Waals surface area (Å²) in [7, 11) is 1.97. The van der Waals surface area contributed by atoms with Gasteiger partial charge in [-0.2, -0.15) is 18.3 Å². The van der Waals surface area contributed by atoms with Crippen LogP contribution in [-0.2, 0) is 12.7 Å². The second-order valence-electron chi connectivity index (χ2n) is 7.05. The molecule has 7 heteroatoms. The van der Waals surface area contributed by atoms with Gasteiger partial charge in [-0.15, -0.1) is 0 Å². The van der Waals surface area contributed by atoms with E-state index in [-0.39, 0.29) is 0 Å². The van der Waals surface area contributed by atoms with E-state index in [1.54, 1.807) is 10.7 Å². The molecule has 29 heavy (non-hydrogen) atoms. The third-order valence-electron chi connectivity index (χ3n) is 4.82. The zero-order valence-corrected chi connectivity index (χ0v) is 16.0. The molecule has 4 rings (SSSR count). The number of aryl methyl sites for hydroxylation is 1. The molecule has 4 aromatic rings. The first-order valence-corrected chi connectivity index (χ1v) is 9.09. The van der Waals surface area contributed by atoms with Crippen molar-refractivity contribution in [1.29, 1.82) is 0 Å². The first-order valence-electron chi connectivity index (χ1n) is 9.09. The number of halogens is 3. The molecule has 0 saturated heterocycles. The van der Waals surface area contributed by atoms with Crippen LogP contribution in [0.2, 0.25) is 0 Å². The van der Waals surface area contributed by atoms with Crippen molar-refractivity contribution in [3.05, 3.63) is 83.8 Å². The van der Waals surface area contributed by atoms with Crippen LogP contribution in [0.1, 0.15) is 16.7 Å². The third-order valence-corrected chi connectivity index (χ3v) is 4.82. The van der Waals surface area contributed by atoms with E-state index in [0.29, 0.717) is 12.1 Å². The quantitative estimate of drug-likeness (QED) is 0.466. The van der Waals surface area contributed by atoms with Crippen molar-refractivity contribution in [1.82, 2.24) is 14.6 Å². The van der Waals surface area contributed by atoms with Crippen LogP contribution in [0.5, 0.6) is 0 Å². The summed E-state index contributed by atoms with van der Waals surface area (Å²) >= 11 is 0. The summed E-state index contributed by atoms with van der Waals surface area (Å²) in [5, 5.41) is 4.32. The molecule has 1 aromatic carbocycles. The molecule has 0 bridgehead atoms. The number of hydrogen-bond acceptors (Lipinski definition) is 3. The van der Waals surface area contributed by atoms with Gasteiger partial charge in [0.25, 0.3) is 0 Å². The van der Waals surface area contributed by atoms with E-state index in [4.69, 9.17) is 0 Å². The predicted molar refractivity (Wildman–Crippen MR) is 107 cm³/mol. The molecule has 0 amide bonds. The normalized spacial score (nSPS) is 11.8. The highest BCUT2D eigenvalue weighted by Crippen LogP contribution is 2.32. The maximum Gasteiger partial charge on any atom is 0.416 e. The lowest BCUT2D eigenvalue weighted by atomic mass is 10.0. The monoisotopic (exact) mass is 396 g/mol. The van der Waals surface area contributed by atoms with Crippen molar-refractivity contribution in [3.8, 4) is 11.1 Å². The lowest BCUT2D eigenvalue weighted by Crippen LogP contribution is -2.17. The van der Waals surface area contributed by atoms with Crippen LogP contribution in [0, 0.1) is 6.92 Å². The molecular weight excluding hydrogens is 377 g/mol. The van der Waals surface area contributed by atoms with Gasteiger partial charge in [0.15, 0.2) is 0 Å². The Labute approximate surface area is 166 Å². The Morgan fingerprint density at radius 3 is 2.41 bits per heavy atom. The fourth-order valence-corrected chi connectivity index (χ4v) is 3.22. The number of alkyl halides is 3. The Balaban J connectivity index is 1.63. The highest BCUT2D eigenvalue weighted by Gasteiger charge is 2.30. The second kappa shape index (κ2) is 7.24. The summed E-state index contributed by atoms with van der Waals surface area (Å²) in [5.41, 5.74) is 3.81. The summed E-state index contributed by atoms with van der Waals surface area (Å²) in [6.45, 7) is 2.64. The Morgan fingerprint density at radius 2 is 1.76 bits per heavy atom. The zero-order valence-electron chi connectivity index (χ0n) is 16.0. The maximum atomic E-state index is 12.8. The Kier molecular flexibility index (Phi) is 4.74. The number of nitrogens with zero attached hydrogens (tertiary/aromatic N) is 4. The van der Waals surface area contributed by atoms with Gasteiger partial charge >= 0.3 is 6.18 Å². The van der Waals surface area contributed by atoms with Crippen molar-refractivity contribution in [2.45, 2.75) is 19.6 Å². The number of rotatable bonds is 4. The molecule has 0 unspecified atom stereocenters. The standard InChI is InChI=1S/C22H19F3N4/c1-15-3-8-21(26-12-15)28(2)14-16-9-10-29-20(11-16)19(13-27-29)17-4-6-18(7-5-17)22(23,24)25/h3-13H,14H2,1-2H3. The van der Waals surface area contributed by atoms with E-state index in [9.17, 15) is 13.2 Å². The van der Waals surface area contributed by atoms with Crippen LogP contribution in [0.25, 0.3) is 16.6 Å². The highest BCUT2D eigenvalue weighted by atomic mass is 19.4. The topological polar surface area (TPSA) is 33.4 Å². The van der Waals surface area contributed by atoms with Gasteiger partial charge in [-0.3, -0.25) is 0 Å². The van der Waals surface area contributed by atoms with Crippen LogP contribution in [0.15, 0.2) is 67.1 Å². The number of aromatic nitrogens is 3. The number of anilines is 1. The van der Waals surface area contributed by atoms with E-state index in [1.165, 1.54) is 12.1 Å². The molecule has 0 atom stereocenters. The molecule has 0 radical (unpaired) electrons. The first-order chi connectivity index (χ1) is 13.8. The lowest BCUT2D eigenvalue weighted by molar-refractivity contribution is -0.137. The van der Waals surface area contributed by atoms with Gasteiger partial charge in [-0.05, 0) is 53.9 Å². The lowest BCUT2D eigenvalue weighted by Gasteiger charge is -2.18. The van der Waals surface area contributed by atoms with E-state index in [2.05, 4.69) is 10.1 Å². The molecule has 0 fully saturated rings. The molecule has 0 aliphatic carbocycles. The zero-order chi connectivity index (χ0) is 20.6. The van der Waals surface area contributed by atoms with Gasteiger partial charge < -0.3 is 4.90 Å². The molecular formula is C22H19F3N4. The molecule has 0 aliphatic heterocycles.